The molecule has 0 N–H and O–H groups in total. The van der Waals surface area contributed by atoms with Gasteiger partial charge in [0.25, 0.3) is 0 Å². The van der Waals surface area contributed by atoms with Crippen molar-refractivity contribution >= 4 is 0 Å². The first-order valence-corrected chi connectivity index (χ1v) is 10.7. The van der Waals surface area contributed by atoms with E-state index in [1.165, 1.54) is 22.3 Å². The van der Waals surface area contributed by atoms with Crippen LogP contribution in [0.4, 0.5) is 0 Å². The van der Waals surface area contributed by atoms with Gasteiger partial charge in [-0.1, -0.05) is 68.5 Å². The first-order valence-electron chi connectivity index (χ1n) is 10.7. The third-order valence-electron chi connectivity index (χ3n) is 5.45. The highest BCUT2D eigenvalue weighted by molar-refractivity contribution is 5.69. The van der Waals surface area contributed by atoms with Gasteiger partial charge in [-0.15, -0.1) is 6.58 Å². The standard InChI is InChI=1S/C27H32N2O/c1-5-16-29(19-21-12-9-8-10-13-21)20-24-18-28-25(17-26(24)30-4)27-22(6-2)14-11-15-23(27)7-3/h5,8-15,17-18H,1,6-7,16,19-20H2,2-4H3. The molecule has 30 heavy (non-hydrogen) atoms. The predicted molar refractivity (Wildman–Crippen MR) is 126 cm³/mol. The molecule has 0 radical (unpaired) electrons. The summed E-state index contributed by atoms with van der Waals surface area (Å²) >= 11 is 0. The number of pyridine rings is 1. The minimum absolute atomic E-state index is 0.757. The number of ether oxygens (including phenoxy) is 1. The van der Waals surface area contributed by atoms with Gasteiger partial charge in [-0.25, -0.2) is 0 Å². The van der Waals surface area contributed by atoms with Crippen LogP contribution in [0, 0.1) is 0 Å². The fourth-order valence-corrected chi connectivity index (χ4v) is 3.93. The fourth-order valence-electron chi connectivity index (χ4n) is 3.93. The molecule has 0 bridgehead atoms. The molecule has 2 aromatic carbocycles. The maximum Gasteiger partial charge on any atom is 0.127 e. The second-order valence-corrected chi connectivity index (χ2v) is 7.48. The molecule has 0 aliphatic rings. The lowest BCUT2D eigenvalue weighted by Crippen LogP contribution is -2.23. The number of nitrogens with zero attached hydrogens (tertiary/aromatic N) is 2. The second-order valence-electron chi connectivity index (χ2n) is 7.48. The van der Waals surface area contributed by atoms with E-state index in [0.717, 1.165) is 49.5 Å². The van der Waals surface area contributed by atoms with Crippen molar-refractivity contribution in [1.82, 2.24) is 9.88 Å². The number of benzene rings is 2. The van der Waals surface area contributed by atoms with E-state index in [0.29, 0.717) is 0 Å². The molecule has 0 aliphatic heterocycles. The molecule has 3 aromatic rings. The van der Waals surface area contributed by atoms with Crippen LogP contribution in [0.5, 0.6) is 5.75 Å². The van der Waals surface area contributed by atoms with E-state index in [1.807, 2.05) is 18.3 Å². The summed E-state index contributed by atoms with van der Waals surface area (Å²) in [5.74, 6) is 0.884. The van der Waals surface area contributed by atoms with Gasteiger partial charge in [0.1, 0.15) is 5.75 Å². The van der Waals surface area contributed by atoms with Crippen LogP contribution in [-0.4, -0.2) is 23.5 Å². The number of hydrogen-bond acceptors (Lipinski definition) is 3. The number of hydrogen-bond donors (Lipinski definition) is 0. The minimum atomic E-state index is 0.757. The van der Waals surface area contributed by atoms with Crippen LogP contribution in [0.2, 0.25) is 0 Å². The second kappa shape index (κ2) is 10.7. The highest BCUT2D eigenvalue weighted by Crippen LogP contribution is 2.31. The molecule has 3 rings (SSSR count). The van der Waals surface area contributed by atoms with E-state index in [9.17, 15) is 0 Å². The maximum absolute atomic E-state index is 5.79. The van der Waals surface area contributed by atoms with Gasteiger partial charge >= 0.3 is 0 Å². The van der Waals surface area contributed by atoms with E-state index >= 15 is 0 Å². The zero-order chi connectivity index (χ0) is 21.3. The van der Waals surface area contributed by atoms with Crippen molar-refractivity contribution in [2.75, 3.05) is 13.7 Å². The SMILES string of the molecule is C=CCN(Cc1ccccc1)Cc1cnc(-c2c(CC)cccc2CC)cc1OC. The largest absolute Gasteiger partial charge is 0.496 e. The number of aromatic nitrogens is 1. The van der Waals surface area contributed by atoms with Crippen molar-refractivity contribution in [3.63, 3.8) is 0 Å². The lowest BCUT2D eigenvalue weighted by atomic mass is 9.94. The smallest absolute Gasteiger partial charge is 0.127 e. The molecule has 3 nitrogen and oxygen atoms in total. The zero-order valence-corrected chi connectivity index (χ0v) is 18.4. The predicted octanol–water partition coefficient (Wildman–Crippen LogP) is 6.07. The van der Waals surface area contributed by atoms with Crippen LogP contribution in [-0.2, 0) is 25.9 Å². The fraction of sp³-hybridized carbons (Fsp3) is 0.296. The summed E-state index contributed by atoms with van der Waals surface area (Å²) in [7, 11) is 1.74. The molecule has 156 valence electrons. The average molecular weight is 401 g/mol. The van der Waals surface area contributed by atoms with Gasteiger partial charge in [0.15, 0.2) is 0 Å². The highest BCUT2D eigenvalue weighted by atomic mass is 16.5. The number of methoxy groups -OCH3 is 1. The molecule has 0 saturated heterocycles. The molecular formula is C27H32N2O. The molecule has 3 heteroatoms. The van der Waals surface area contributed by atoms with Crippen LogP contribution < -0.4 is 4.74 Å². The van der Waals surface area contributed by atoms with E-state index in [1.54, 1.807) is 7.11 Å². The van der Waals surface area contributed by atoms with Crippen LogP contribution in [0.3, 0.4) is 0 Å². The average Bonchev–Trinajstić information content (AvgIpc) is 2.79. The van der Waals surface area contributed by atoms with E-state index in [-0.39, 0.29) is 0 Å². The summed E-state index contributed by atoms with van der Waals surface area (Å²) in [6, 6.07) is 19.1. The lowest BCUT2D eigenvalue weighted by molar-refractivity contribution is 0.279. The topological polar surface area (TPSA) is 25.4 Å². The Hall–Kier alpha value is -2.91. The summed E-state index contributed by atoms with van der Waals surface area (Å²) in [5, 5.41) is 0. The third-order valence-corrected chi connectivity index (χ3v) is 5.45. The Morgan fingerprint density at radius 3 is 2.23 bits per heavy atom. The minimum Gasteiger partial charge on any atom is -0.496 e. The van der Waals surface area contributed by atoms with Crippen LogP contribution >= 0.6 is 0 Å². The van der Waals surface area contributed by atoms with Crippen molar-refractivity contribution in [1.29, 1.82) is 0 Å². The molecule has 0 amide bonds. The van der Waals surface area contributed by atoms with Gasteiger partial charge in [0.2, 0.25) is 0 Å². The van der Waals surface area contributed by atoms with Gasteiger partial charge in [0.05, 0.1) is 12.8 Å². The van der Waals surface area contributed by atoms with Gasteiger partial charge in [-0.3, -0.25) is 9.88 Å². The summed E-state index contributed by atoms with van der Waals surface area (Å²) in [6.45, 7) is 10.7. The van der Waals surface area contributed by atoms with Crippen LogP contribution in [0.25, 0.3) is 11.3 Å². The van der Waals surface area contributed by atoms with E-state index < -0.39 is 0 Å². The molecular weight excluding hydrogens is 368 g/mol. The first-order chi connectivity index (χ1) is 14.7. The summed E-state index contributed by atoms with van der Waals surface area (Å²) < 4.78 is 5.79. The van der Waals surface area contributed by atoms with Crippen molar-refractivity contribution in [2.24, 2.45) is 0 Å². The van der Waals surface area contributed by atoms with Crippen molar-refractivity contribution < 1.29 is 4.74 Å². The van der Waals surface area contributed by atoms with Crippen LogP contribution in [0.1, 0.15) is 36.1 Å². The Bertz CT molecular complexity index is 944. The van der Waals surface area contributed by atoms with E-state index in [2.05, 4.69) is 73.9 Å². The Balaban J connectivity index is 1.91. The monoisotopic (exact) mass is 400 g/mol. The Morgan fingerprint density at radius 2 is 1.63 bits per heavy atom. The van der Waals surface area contributed by atoms with Crippen molar-refractivity contribution in [3.8, 4) is 17.0 Å². The first kappa shape index (κ1) is 21.8. The normalized spacial score (nSPS) is 10.9. The third kappa shape index (κ3) is 5.17. The zero-order valence-electron chi connectivity index (χ0n) is 18.4. The molecule has 0 atom stereocenters. The number of aryl methyl sites for hydroxylation is 2. The quantitative estimate of drug-likeness (QED) is 0.386. The molecule has 0 aliphatic carbocycles. The Morgan fingerprint density at radius 1 is 0.933 bits per heavy atom. The molecule has 0 fully saturated rings. The molecule has 0 saturated carbocycles. The van der Waals surface area contributed by atoms with Gasteiger partial charge in [0, 0.05) is 43.0 Å². The lowest BCUT2D eigenvalue weighted by Gasteiger charge is -2.22. The van der Waals surface area contributed by atoms with Crippen LogP contribution in [0.15, 0.2) is 73.4 Å². The summed E-state index contributed by atoms with van der Waals surface area (Å²) in [4.78, 5) is 7.21. The molecule has 0 spiro atoms. The Labute approximate surface area is 181 Å². The van der Waals surface area contributed by atoms with Gasteiger partial charge < -0.3 is 4.74 Å². The molecule has 0 unspecified atom stereocenters. The summed E-state index contributed by atoms with van der Waals surface area (Å²) in [6.07, 6.45) is 5.89. The van der Waals surface area contributed by atoms with Gasteiger partial charge in [-0.05, 0) is 29.5 Å². The Kier molecular flexibility index (Phi) is 7.81. The van der Waals surface area contributed by atoms with Gasteiger partial charge in [-0.2, -0.15) is 0 Å². The summed E-state index contributed by atoms with van der Waals surface area (Å²) in [5.41, 5.74) is 7.27. The maximum atomic E-state index is 5.79. The van der Waals surface area contributed by atoms with Crippen molar-refractivity contribution in [2.45, 2.75) is 39.8 Å². The molecule has 1 aromatic heterocycles. The van der Waals surface area contributed by atoms with Crippen molar-refractivity contribution in [3.05, 3.63) is 95.7 Å². The molecule has 1 heterocycles. The van der Waals surface area contributed by atoms with E-state index in [4.69, 9.17) is 9.72 Å². The number of rotatable bonds is 10. The highest BCUT2D eigenvalue weighted by Gasteiger charge is 2.15.